The highest BCUT2D eigenvalue weighted by Gasteiger charge is 2.35. The number of likely N-dealkylation sites (tertiary alicyclic amines) is 1. The lowest BCUT2D eigenvalue weighted by atomic mass is 9.90. The van der Waals surface area contributed by atoms with Crippen molar-refractivity contribution in [1.29, 1.82) is 0 Å². The van der Waals surface area contributed by atoms with Gasteiger partial charge in [-0.25, -0.2) is 4.98 Å². The smallest absolute Gasteiger partial charge is 0.261 e. The Morgan fingerprint density at radius 1 is 1.24 bits per heavy atom. The second-order valence-corrected chi connectivity index (χ2v) is 7.93. The van der Waals surface area contributed by atoms with Crippen molar-refractivity contribution in [3.63, 3.8) is 0 Å². The normalized spacial score (nSPS) is 16.2. The van der Waals surface area contributed by atoms with Crippen LogP contribution in [0.3, 0.4) is 0 Å². The molecule has 8 heteroatoms. The van der Waals surface area contributed by atoms with E-state index >= 15 is 0 Å². The number of carbonyl (C=O) groups is 1. The molecule has 1 aromatic carbocycles. The first-order valence-corrected chi connectivity index (χ1v) is 9.82. The predicted molar refractivity (Wildman–Crippen MR) is 110 cm³/mol. The van der Waals surface area contributed by atoms with Crippen LogP contribution < -0.4 is 5.56 Å². The third-order valence-corrected chi connectivity index (χ3v) is 5.71. The van der Waals surface area contributed by atoms with Gasteiger partial charge in [0.2, 0.25) is 0 Å². The summed E-state index contributed by atoms with van der Waals surface area (Å²) in [5, 5.41) is 12.0. The molecule has 0 unspecified atom stereocenters. The number of nitrogens with zero attached hydrogens (tertiary/aromatic N) is 4. The summed E-state index contributed by atoms with van der Waals surface area (Å²) in [5.74, 6) is -0.0842. The number of benzene rings is 1. The first kappa shape index (κ1) is 19.5. The van der Waals surface area contributed by atoms with E-state index in [4.69, 9.17) is 11.6 Å². The molecule has 0 saturated carbocycles. The van der Waals surface area contributed by atoms with Crippen molar-refractivity contribution in [2.45, 2.75) is 31.9 Å². The Balaban J connectivity index is 1.49. The van der Waals surface area contributed by atoms with E-state index in [9.17, 15) is 14.7 Å². The number of hydrogen-bond acceptors (Lipinski definition) is 5. The quantitative estimate of drug-likeness (QED) is 0.713. The fourth-order valence-corrected chi connectivity index (χ4v) is 3.89. The van der Waals surface area contributed by atoms with Gasteiger partial charge in [-0.05, 0) is 50.1 Å². The SMILES string of the molecule is Cc1ncccc1C(=O)N1CCC(O)(Cn2cnc3cc(Cl)ccc3c2=O)CC1. The molecular formula is C21H21ClN4O3. The maximum Gasteiger partial charge on any atom is 0.261 e. The number of aromatic nitrogens is 3. The maximum atomic E-state index is 12.7. The molecule has 4 rings (SSSR count). The van der Waals surface area contributed by atoms with Gasteiger partial charge in [-0.2, -0.15) is 0 Å². The van der Waals surface area contributed by atoms with Gasteiger partial charge in [0.05, 0.1) is 34.9 Å². The second kappa shape index (κ2) is 7.57. The third kappa shape index (κ3) is 3.88. The van der Waals surface area contributed by atoms with Crippen LogP contribution in [-0.2, 0) is 6.54 Å². The Kier molecular flexibility index (Phi) is 5.10. The highest BCUT2D eigenvalue weighted by atomic mass is 35.5. The molecule has 0 bridgehead atoms. The van der Waals surface area contributed by atoms with E-state index in [1.165, 1.54) is 10.9 Å². The molecule has 1 N–H and O–H groups in total. The molecule has 0 atom stereocenters. The summed E-state index contributed by atoms with van der Waals surface area (Å²) in [5.41, 5.74) is 0.494. The molecule has 0 radical (unpaired) electrons. The molecular weight excluding hydrogens is 392 g/mol. The minimum atomic E-state index is -1.08. The minimum absolute atomic E-state index is 0.0842. The Morgan fingerprint density at radius 3 is 2.72 bits per heavy atom. The number of rotatable bonds is 3. The largest absolute Gasteiger partial charge is 0.388 e. The van der Waals surface area contributed by atoms with E-state index in [1.807, 2.05) is 0 Å². The predicted octanol–water partition coefficient (Wildman–Crippen LogP) is 2.42. The summed E-state index contributed by atoms with van der Waals surface area (Å²) in [4.78, 5) is 35.7. The topological polar surface area (TPSA) is 88.3 Å². The van der Waals surface area contributed by atoms with Crippen LogP contribution in [0.4, 0.5) is 0 Å². The van der Waals surface area contributed by atoms with E-state index in [0.717, 1.165) is 0 Å². The average molecular weight is 413 g/mol. The van der Waals surface area contributed by atoms with Crippen molar-refractivity contribution in [1.82, 2.24) is 19.4 Å². The first-order chi connectivity index (χ1) is 13.9. The third-order valence-electron chi connectivity index (χ3n) is 5.47. The Bertz CT molecular complexity index is 1140. The number of halogens is 1. The summed E-state index contributed by atoms with van der Waals surface area (Å²) in [6.45, 7) is 2.76. The van der Waals surface area contributed by atoms with E-state index in [1.54, 1.807) is 48.4 Å². The van der Waals surface area contributed by atoms with Gasteiger partial charge in [-0.15, -0.1) is 0 Å². The Labute approximate surface area is 172 Å². The van der Waals surface area contributed by atoms with Gasteiger partial charge >= 0.3 is 0 Å². The van der Waals surface area contributed by atoms with Crippen LogP contribution in [-0.4, -0.2) is 49.1 Å². The summed E-state index contributed by atoms with van der Waals surface area (Å²) >= 11 is 5.96. The first-order valence-electron chi connectivity index (χ1n) is 9.44. The highest BCUT2D eigenvalue weighted by Crippen LogP contribution is 2.25. The van der Waals surface area contributed by atoms with Crippen molar-refractivity contribution in [2.24, 2.45) is 0 Å². The summed E-state index contributed by atoms with van der Waals surface area (Å²) in [6, 6.07) is 8.44. The summed E-state index contributed by atoms with van der Waals surface area (Å²) in [7, 11) is 0. The van der Waals surface area contributed by atoms with Crippen LogP contribution in [0.25, 0.3) is 10.9 Å². The lowest BCUT2D eigenvalue weighted by Gasteiger charge is -2.38. The zero-order valence-corrected chi connectivity index (χ0v) is 16.8. The molecule has 1 amide bonds. The van der Waals surface area contributed by atoms with Gasteiger partial charge in [-0.1, -0.05) is 11.6 Å². The monoisotopic (exact) mass is 412 g/mol. The number of aliphatic hydroxyl groups is 1. The van der Waals surface area contributed by atoms with E-state index in [0.29, 0.717) is 53.1 Å². The average Bonchev–Trinajstić information content (AvgIpc) is 2.70. The number of piperidine rings is 1. The van der Waals surface area contributed by atoms with Crippen LogP contribution in [0.5, 0.6) is 0 Å². The lowest BCUT2D eigenvalue weighted by molar-refractivity contribution is -0.0299. The maximum absolute atomic E-state index is 12.7. The molecule has 7 nitrogen and oxygen atoms in total. The van der Waals surface area contributed by atoms with E-state index in [-0.39, 0.29) is 18.0 Å². The van der Waals surface area contributed by atoms with Crippen molar-refractivity contribution < 1.29 is 9.90 Å². The standard InChI is InChI=1S/C21H21ClN4O3/c1-14-16(3-2-8-23-14)19(27)25-9-6-21(29,7-10-25)12-26-13-24-18-11-15(22)4-5-17(18)20(26)28/h2-5,8,11,13,29H,6-7,9-10,12H2,1H3. The molecule has 1 fully saturated rings. The van der Waals surface area contributed by atoms with Crippen molar-refractivity contribution in [3.8, 4) is 0 Å². The van der Waals surface area contributed by atoms with Crippen LogP contribution in [0.15, 0.2) is 47.7 Å². The zero-order chi connectivity index (χ0) is 20.6. The number of hydrogen-bond donors (Lipinski definition) is 1. The fourth-order valence-electron chi connectivity index (χ4n) is 3.73. The molecule has 150 valence electrons. The van der Waals surface area contributed by atoms with Gasteiger partial charge in [0.1, 0.15) is 0 Å². The number of pyridine rings is 1. The van der Waals surface area contributed by atoms with Crippen LogP contribution in [0, 0.1) is 6.92 Å². The summed E-state index contributed by atoms with van der Waals surface area (Å²) < 4.78 is 1.43. The Morgan fingerprint density at radius 2 is 2.00 bits per heavy atom. The van der Waals surface area contributed by atoms with Gasteiger partial charge in [0.15, 0.2) is 0 Å². The van der Waals surface area contributed by atoms with Crippen LogP contribution >= 0.6 is 11.6 Å². The van der Waals surface area contributed by atoms with E-state index in [2.05, 4.69) is 9.97 Å². The van der Waals surface area contributed by atoms with Crippen molar-refractivity contribution in [3.05, 3.63) is 69.5 Å². The Hall–Kier alpha value is -2.77. The molecule has 0 spiro atoms. The molecule has 1 saturated heterocycles. The van der Waals surface area contributed by atoms with Gasteiger partial charge in [-0.3, -0.25) is 19.1 Å². The van der Waals surface area contributed by atoms with Gasteiger partial charge in [0.25, 0.3) is 11.5 Å². The molecule has 3 aromatic rings. The summed E-state index contributed by atoms with van der Waals surface area (Å²) in [6.07, 6.45) is 3.85. The molecule has 2 aromatic heterocycles. The second-order valence-electron chi connectivity index (χ2n) is 7.49. The number of carbonyl (C=O) groups excluding carboxylic acids is 1. The minimum Gasteiger partial charge on any atom is -0.388 e. The van der Waals surface area contributed by atoms with Gasteiger partial charge in [0, 0.05) is 30.0 Å². The number of fused-ring (bicyclic) bond motifs is 1. The number of amides is 1. The fraction of sp³-hybridized carbons (Fsp3) is 0.333. The van der Waals surface area contributed by atoms with Crippen LogP contribution in [0.1, 0.15) is 28.9 Å². The molecule has 1 aliphatic rings. The highest BCUT2D eigenvalue weighted by molar-refractivity contribution is 6.31. The zero-order valence-electron chi connectivity index (χ0n) is 16.0. The molecule has 29 heavy (non-hydrogen) atoms. The molecule has 0 aliphatic carbocycles. The number of aryl methyl sites for hydroxylation is 1. The van der Waals surface area contributed by atoms with E-state index < -0.39 is 5.60 Å². The molecule has 3 heterocycles. The van der Waals surface area contributed by atoms with Crippen molar-refractivity contribution >= 4 is 28.4 Å². The molecule has 1 aliphatic heterocycles. The van der Waals surface area contributed by atoms with Crippen molar-refractivity contribution in [2.75, 3.05) is 13.1 Å². The lowest BCUT2D eigenvalue weighted by Crippen LogP contribution is -2.49. The van der Waals surface area contributed by atoms with Gasteiger partial charge < -0.3 is 10.0 Å². The van der Waals surface area contributed by atoms with Crippen LogP contribution in [0.2, 0.25) is 5.02 Å².